The van der Waals surface area contributed by atoms with E-state index in [0.717, 1.165) is 12.1 Å². The van der Waals surface area contributed by atoms with Crippen molar-refractivity contribution in [3.05, 3.63) is 65.2 Å². The van der Waals surface area contributed by atoms with E-state index in [1.807, 2.05) is 0 Å². The standard InChI is InChI=1S/C19H17F3N2O3/c20-19(21,22)14-10-13(18(26)27)6-7-15(14)24-9-8-23-11-16(24)17(25)12-4-2-1-3-5-12/h1-7,10,16,23H,8-9,11H2,(H,26,27). The molecule has 1 fully saturated rings. The van der Waals surface area contributed by atoms with Gasteiger partial charge in [-0.25, -0.2) is 4.79 Å². The topological polar surface area (TPSA) is 69.6 Å². The Morgan fingerprint density at radius 3 is 2.41 bits per heavy atom. The number of benzene rings is 2. The number of aromatic carboxylic acids is 1. The molecule has 0 bridgehead atoms. The summed E-state index contributed by atoms with van der Waals surface area (Å²) >= 11 is 0. The lowest BCUT2D eigenvalue weighted by atomic mass is 9.98. The second-order valence-corrected chi connectivity index (χ2v) is 6.18. The molecule has 3 rings (SSSR count). The third kappa shape index (κ3) is 3.95. The molecule has 0 radical (unpaired) electrons. The van der Waals surface area contributed by atoms with Gasteiger partial charge in [-0.05, 0) is 18.2 Å². The summed E-state index contributed by atoms with van der Waals surface area (Å²) in [6, 6.07) is 10.4. The number of carbonyl (C=O) groups excluding carboxylic acids is 1. The molecule has 2 N–H and O–H groups in total. The largest absolute Gasteiger partial charge is 0.478 e. The lowest BCUT2D eigenvalue weighted by Crippen LogP contribution is -2.55. The van der Waals surface area contributed by atoms with Gasteiger partial charge in [-0.1, -0.05) is 30.3 Å². The molecule has 1 unspecified atom stereocenters. The zero-order chi connectivity index (χ0) is 19.6. The Labute approximate surface area is 153 Å². The number of carboxylic acid groups (broad SMARTS) is 1. The average Bonchev–Trinajstić information content (AvgIpc) is 2.67. The van der Waals surface area contributed by atoms with E-state index in [2.05, 4.69) is 5.32 Å². The van der Waals surface area contributed by atoms with Crippen LogP contribution < -0.4 is 10.2 Å². The molecule has 2 aromatic rings. The van der Waals surface area contributed by atoms with Gasteiger partial charge in [0.05, 0.1) is 11.1 Å². The van der Waals surface area contributed by atoms with Gasteiger partial charge in [0.25, 0.3) is 0 Å². The van der Waals surface area contributed by atoms with Crippen LogP contribution in [0.4, 0.5) is 18.9 Å². The Hall–Kier alpha value is -2.87. The van der Waals surface area contributed by atoms with Gasteiger partial charge in [-0.3, -0.25) is 4.79 Å². The highest BCUT2D eigenvalue weighted by atomic mass is 19.4. The van der Waals surface area contributed by atoms with E-state index >= 15 is 0 Å². The minimum Gasteiger partial charge on any atom is -0.478 e. The Morgan fingerprint density at radius 1 is 1.07 bits per heavy atom. The van der Waals surface area contributed by atoms with Crippen LogP contribution in [0.25, 0.3) is 0 Å². The fourth-order valence-corrected chi connectivity index (χ4v) is 3.17. The molecular formula is C19H17F3N2O3. The first-order chi connectivity index (χ1) is 12.8. The summed E-state index contributed by atoms with van der Waals surface area (Å²) in [7, 11) is 0. The number of ketones is 1. The molecule has 0 amide bonds. The second kappa shape index (κ2) is 7.40. The number of alkyl halides is 3. The fraction of sp³-hybridized carbons (Fsp3) is 0.263. The predicted molar refractivity (Wildman–Crippen MR) is 93.2 cm³/mol. The van der Waals surface area contributed by atoms with Crippen LogP contribution in [0.15, 0.2) is 48.5 Å². The third-order valence-electron chi connectivity index (χ3n) is 4.46. The zero-order valence-corrected chi connectivity index (χ0v) is 14.2. The van der Waals surface area contributed by atoms with Crippen molar-refractivity contribution in [2.75, 3.05) is 24.5 Å². The first kappa shape index (κ1) is 18.9. The molecule has 2 aromatic carbocycles. The molecule has 142 valence electrons. The van der Waals surface area contributed by atoms with Gasteiger partial charge in [0, 0.05) is 30.9 Å². The van der Waals surface area contributed by atoms with E-state index < -0.39 is 29.3 Å². The summed E-state index contributed by atoms with van der Waals surface area (Å²) in [6.45, 7) is 0.807. The normalized spacial score (nSPS) is 17.6. The Kier molecular flexibility index (Phi) is 5.18. The maximum atomic E-state index is 13.6. The molecule has 1 atom stereocenters. The molecule has 5 nitrogen and oxygen atoms in total. The van der Waals surface area contributed by atoms with Crippen LogP contribution in [0.2, 0.25) is 0 Å². The van der Waals surface area contributed by atoms with Crippen molar-refractivity contribution in [3.8, 4) is 0 Å². The number of carbonyl (C=O) groups is 2. The van der Waals surface area contributed by atoms with Crippen molar-refractivity contribution in [2.24, 2.45) is 0 Å². The number of rotatable bonds is 4. The van der Waals surface area contributed by atoms with Gasteiger partial charge < -0.3 is 15.3 Å². The van der Waals surface area contributed by atoms with E-state index in [0.29, 0.717) is 18.2 Å². The van der Waals surface area contributed by atoms with Gasteiger partial charge in [0.15, 0.2) is 5.78 Å². The monoisotopic (exact) mass is 378 g/mol. The van der Waals surface area contributed by atoms with Crippen molar-refractivity contribution < 1.29 is 27.9 Å². The Morgan fingerprint density at radius 2 is 1.78 bits per heavy atom. The van der Waals surface area contributed by atoms with Crippen LogP contribution in [0, 0.1) is 0 Å². The van der Waals surface area contributed by atoms with Crippen LogP contribution in [-0.2, 0) is 6.18 Å². The number of carboxylic acids is 1. The molecule has 0 aliphatic carbocycles. The van der Waals surface area contributed by atoms with E-state index in [1.54, 1.807) is 30.3 Å². The minimum absolute atomic E-state index is 0.191. The number of hydrogen-bond acceptors (Lipinski definition) is 4. The second-order valence-electron chi connectivity index (χ2n) is 6.18. The van der Waals surface area contributed by atoms with Gasteiger partial charge in [-0.15, -0.1) is 0 Å². The SMILES string of the molecule is O=C(O)c1ccc(N2CCNCC2C(=O)c2ccccc2)c(C(F)(F)F)c1. The van der Waals surface area contributed by atoms with Crippen molar-refractivity contribution in [1.82, 2.24) is 5.32 Å². The van der Waals surface area contributed by atoms with E-state index in [9.17, 15) is 22.8 Å². The van der Waals surface area contributed by atoms with Crippen molar-refractivity contribution >= 4 is 17.4 Å². The molecule has 0 aromatic heterocycles. The highest BCUT2D eigenvalue weighted by Crippen LogP contribution is 2.38. The summed E-state index contributed by atoms with van der Waals surface area (Å²) in [4.78, 5) is 25.3. The summed E-state index contributed by atoms with van der Waals surface area (Å²) in [5.74, 6) is -1.73. The highest BCUT2D eigenvalue weighted by Gasteiger charge is 2.39. The molecule has 8 heteroatoms. The predicted octanol–water partition coefficient (Wildman–Crippen LogP) is 3.06. The molecule has 1 aliphatic heterocycles. The van der Waals surface area contributed by atoms with Gasteiger partial charge in [0.2, 0.25) is 0 Å². The first-order valence-electron chi connectivity index (χ1n) is 8.30. The van der Waals surface area contributed by atoms with Gasteiger partial charge in [-0.2, -0.15) is 13.2 Å². The number of halogens is 3. The quantitative estimate of drug-likeness (QED) is 0.801. The zero-order valence-electron chi connectivity index (χ0n) is 14.2. The minimum atomic E-state index is -4.74. The molecule has 0 spiro atoms. The number of hydrogen-bond donors (Lipinski definition) is 2. The fourth-order valence-electron chi connectivity index (χ4n) is 3.17. The van der Waals surface area contributed by atoms with E-state index in [-0.39, 0.29) is 24.6 Å². The number of nitrogens with zero attached hydrogens (tertiary/aromatic N) is 1. The summed E-state index contributed by atoms with van der Waals surface area (Å²) in [5, 5.41) is 12.1. The maximum absolute atomic E-state index is 13.6. The number of nitrogens with one attached hydrogen (secondary N) is 1. The van der Waals surface area contributed by atoms with Crippen LogP contribution in [0.5, 0.6) is 0 Å². The first-order valence-corrected chi connectivity index (χ1v) is 8.30. The molecular weight excluding hydrogens is 361 g/mol. The number of Topliss-reactive ketones (excluding diaryl/α,β-unsaturated/α-hetero) is 1. The summed E-state index contributed by atoms with van der Waals surface area (Å²) < 4.78 is 40.7. The lowest BCUT2D eigenvalue weighted by molar-refractivity contribution is -0.137. The Balaban J connectivity index is 2.04. The van der Waals surface area contributed by atoms with E-state index in [1.165, 1.54) is 4.90 Å². The van der Waals surface area contributed by atoms with Crippen LogP contribution >= 0.6 is 0 Å². The van der Waals surface area contributed by atoms with Crippen molar-refractivity contribution in [2.45, 2.75) is 12.2 Å². The van der Waals surface area contributed by atoms with Crippen LogP contribution in [-0.4, -0.2) is 42.5 Å². The molecule has 0 saturated carbocycles. The maximum Gasteiger partial charge on any atom is 0.418 e. The molecule has 27 heavy (non-hydrogen) atoms. The molecule has 1 aliphatic rings. The average molecular weight is 378 g/mol. The Bertz CT molecular complexity index is 853. The van der Waals surface area contributed by atoms with Gasteiger partial charge >= 0.3 is 12.1 Å². The molecule has 1 heterocycles. The van der Waals surface area contributed by atoms with Crippen molar-refractivity contribution in [3.63, 3.8) is 0 Å². The van der Waals surface area contributed by atoms with Crippen LogP contribution in [0.3, 0.4) is 0 Å². The number of piperazine rings is 1. The van der Waals surface area contributed by atoms with Gasteiger partial charge in [0.1, 0.15) is 6.04 Å². The lowest BCUT2D eigenvalue weighted by Gasteiger charge is -2.38. The number of anilines is 1. The summed E-state index contributed by atoms with van der Waals surface area (Å²) in [5.41, 5.74) is -1.29. The third-order valence-corrected chi connectivity index (χ3v) is 4.46. The molecule has 1 saturated heterocycles. The highest BCUT2D eigenvalue weighted by molar-refractivity contribution is 6.02. The van der Waals surface area contributed by atoms with Crippen LogP contribution in [0.1, 0.15) is 26.3 Å². The summed E-state index contributed by atoms with van der Waals surface area (Å²) in [6.07, 6.45) is -4.74. The smallest absolute Gasteiger partial charge is 0.418 e. The van der Waals surface area contributed by atoms with E-state index in [4.69, 9.17) is 5.11 Å². The van der Waals surface area contributed by atoms with Crippen molar-refractivity contribution in [1.29, 1.82) is 0 Å².